The maximum Gasteiger partial charge on any atom is 0.274 e. The lowest BCUT2D eigenvalue weighted by atomic mass is 10.1. The number of nitrogens with two attached hydrogens (primary N) is 1. The van der Waals surface area contributed by atoms with E-state index >= 15 is 0 Å². The van der Waals surface area contributed by atoms with Gasteiger partial charge in [0.15, 0.2) is 5.69 Å². The minimum atomic E-state index is -0.505. The van der Waals surface area contributed by atoms with Crippen molar-refractivity contribution in [1.29, 1.82) is 0 Å². The molecule has 0 bridgehead atoms. The first-order valence-electron chi connectivity index (χ1n) is 8.37. The molecule has 3 rings (SSSR count). The van der Waals surface area contributed by atoms with E-state index < -0.39 is 5.91 Å². The monoisotopic (exact) mass is 373 g/mol. The SMILES string of the molecule is CN(Cc1cccc(C(N)=O)c1)C(=O)c1nc(N2CCCC2)ncc1Cl. The van der Waals surface area contributed by atoms with E-state index in [0.717, 1.165) is 31.5 Å². The highest BCUT2D eigenvalue weighted by Crippen LogP contribution is 2.21. The number of benzene rings is 1. The van der Waals surface area contributed by atoms with Crippen molar-refractivity contribution in [3.8, 4) is 0 Å². The number of aromatic nitrogens is 2. The highest BCUT2D eigenvalue weighted by Gasteiger charge is 2.22. The number of halogens is 1. The Kier molecular flexibility index (Phi) is 5.37. The highest BCUT2D eigenvalue weighted by atomic mass is 35.5. The van der Waals surface area contributed by atoms with E-state index in [9.17, 15) is 9.59 Å². The van der Waals surface area contributed by atoms with E-state index in [-0.39, 0.29) is 16.6 Å². The lowest BCUT2D eigenvalue weighted by molar-refractivity contribution is 0.0779. The maximum atomic E-state index is 12.8. The average molecular weight is 374 g/mol. The Morgan fingerprint density at radius 3 is 2.73 bits per heavy atom. The molecule has 2 amide bonds. The molecule has 1 aliphatic rings. The summed E-state index contributed by atoms with van der Waals surface area (Å²) >= 11 is 6.16. The zero-order chi connectivity index (χ0) is 18.7. The summed E-state index contributed by atoms with van der Waals surface area (Å²) in [6.07, 6.45) is 3.65. The van der Waals surface area contributed by atoms with Gasteiger partial charge in [0.05, 0.1) is 11.2 Å². The minimum Gasteiger partial charge on any atom is -0.366 e. The van der Waals surface area contributed by atoms with Crippen molar-refractivity contribution in [1.82, 2.24) is 14.9 Å². The first-order valence-corrected chi connectivity index (χ1v) is 8.75. The molecule has 1 aromatic carbocycles. The molecule has 0 spiro atoms. The van der Waals surface area contributed by atoms with E-state index in [1.165, 1.54) is 11.1 Å². The summed E-state index contributed by atoms with van der Waals surface area (Å²) in [5.74, 6) is -0.281. The molecule has 1 saturated heterocycles. The van der Waals surface area contributed by atoms with E-state index in [4.69, 9.17) is 17.3 Å². The summed E-state index contributed by atoms with van der Waals surface area (Å²) in [5, 5.41) is 0.218. The second-order valence-corrected chi connectivity index (χ2v) is 6.69. The lowest BCUT2D eigenvalue weighted by Gasteiger charge is -2.20. The minimum absolute atomic E-state index is 0.178. The Morgan fingerprint density at radius 1 is 1.31 bits per heavy atom. The van der Waals surface area contributed by atoms with Crippen molar-refractivity contribution in [3.05, 3.63) is 52.3 Å². The van der Waals surface area contributed by atoms with Crippen LogP contribution < -0.4 is 10.6 Å². The Labute approximate surface area is 156 Å². The van der Waals surface area contributed by atoms with Crippen LogP contribution in [-0.4, -0.2) is 46.8 Å². The Morgan fingerprint density at radius 2 is 2.04 bits per heavy atom. The fourth-order valence-corrected chi connectivity index (χ4v) is 3.10. The van der Waals surface area contributed by atoms with Crippen LogP contribution in [0.4, 0.5) is 5.95 Å². The van der Waals surface area contributed by atoms with Crippen molar-refractivity contribution in [2.24, 2.45) is 5.73 Å². The number of primary amides is 1. The summed E-state index contributed by atoms with van der Waals surface area (Å²) in [6, 6.07) is 6.87. The second-order valence-electron chi connectivity index (χ2n) is 6.29. The van der Waals surface area contributed by atoms with Gasteiger partial charge < -0.3 is 15.5 Å². The molecule has 0 atom stereocenters. The fraction of sp³-hybridized carbons (Fsp3) is 0.333. The molecule has 8 heteroatoms. The van der Waals surface area contributed by atoms with Crippen LogP contribution in [0.25, 0.3) is 0 Å². The van der Waals surface area contributed by atoms with E-state index in [1.807, 2.05) is 11.0 Å². The van der Waals surface area contributed by atoms with Crippen LogP contribution in [-0.2, 0) is 6.54 Å². The van der Waals surface area contributed by atoms with Crippen molar-refractivity contribution in [2.45, 2.75) is 19.4 Å². The van der Waals surface area contributed by atoms with Gasteiger partial charge in [0.25, 0.3) is 5.91 Å². The fourth-order valence-electron chi connectivity index (χ4n) is 2.93. The van der Waals surface area contributed by atoms with Crippen LogP contribution in [0, 0.1) is 0 Å². The molecule has 7 nitrogen and oxygen atoms in total. The molecule has 2 heterocycles. The number of hydrogen-bond acceptors (Lipinski definition) is 5. The Hall–Kier alpha value is -2.67. The predicted octanol–water partition coefficient (Wildman–Crippen LogP) is 2.10. The topological polar surface area (TPSA) is 92.4 Å². The van der Waals surface area contributed by atoms with Crippen LogP contribution in [0.2, 0.25) is 5.02 Å². The summed E-state index contributed by atoms with van der Waals surface area (Å²) < 4.78 is 0. The molecule has 0 saturated carbocycles. The van der Waals surface area contributed by atoms with E-state index in [0.29, 0.717) is 18.1 Å². The second kappa shape index (κ2) is 7.70. The molecule has 0 unspecified atom stereocenters. The molecule has 2 aromatic rings. The summed E-state index contributed by atoms with van der Waals surface area (Å²) in [4.78, 5) is 36.3. The van der Waals surface area contributed by atoms with E-state index in [2.05, 4.69) is 9.97 Å². The third-order valence-corrected chi connectivity index (χ3v) is 4.58. The lowest BCUT2D eigenvalue weighted by Crippen LogP contribution is -2.29. The predicted molar refractivity (Wildman–Crippen MR) is 99.2 cm³/mol. The van der Waals surface area contributed by atoms with Gasteiger partial charge in [0, 0.05) is 32.2 Å². The van der Waals surface area contributed by atoms with Gasteiger partial charge in [-0.25, -0.2) is 9.97 Å². The number of amides is 2. The summed E-state index contributed by atoms with van der Waals surface area (Å²) in [7, 11) is 1.66. The number of carbonyl (C=O) groups excluding carboxylic acids is 2. The van der Waals surface area contributed by atoms with Crippen molar-refractivity contribution in [3.63, 3.8) is 0 Å². The number of hydrogen-bond donors (Lipinski definition) is 1. The van der Waals surface area contributed by atoms with Crippen molar-refractivity contribution >= 4 is 29.4 Å². The van der Waals surface area contributed by atoms with Gasteiger partial charge in [0.2, 0.25) is 11.9 Å². The molecule has 1 aliphatic heterocycles. The molecule has 0 radical (unpaired) electrons. The zero-order valence-electron chi connectivity index (χ0n) is 14.5. The molecule has 1 fully saturated rings. The molecule has 0 aliphatic carbocycles. The van der Waals surface area contributed by atoms with Crippen LogP contribution in [0.15, 0.2) is 30.5 Å². The smallest absolute Gasteiger partial charge is 0.274 e. The van der Waals surface area contributed by atoms with Gasteiger partial charge in [-0.3, -0.25) is 9.59 Å². The number of carbonyl (C=O) groups is 2. The van der Waals surface area contributed by atoms with Crippen LogP contribution in [0.3, 0.4) is 0 Å². The van der Waals surface area contributed by atoms with Crippen molar-refractivity contribution < 1.29 is 9.59 Å². The molecule has 1 aromatic heterocycles. The first-order chi connectivity index (χ1) is 12.5. The standard InChI is InChI=1S/C18H20ClN5O2/c1-23(11-12-5-4-6-13(9-12)16(20)25)17(26)15-14(19)10-21-18(22-15)24-7-2-3-8-24/h4-6,9-10H,2-3,7-8,11H2,1H3,(H2,20,25). The summed E-state index contributed by atoms with van der Waals surface area (Å²) in [5.41, 5.74) is 6.68. The molecule has 2 N–H and O–H groups in total. The van der Waals surface area contributed by atoms with Gasteiger partial charge in [-0.1, -0.05) is 23.7 Å². The van der Waals surface area contributed by atoms with Gasteiger partial charge in [0.1, 0.15) is 0 Å². The number of rotatable bonds is 5. The first kappa shape index (κ1) is 18.1. The Bertz CT molecular complexity index is 836. The average Bonchev–Trinajstić information content (AvgIpc) is 3.16. The van der Waals surface area contributed by atoms with Gasteiger partial charge in [-0.2, -0.15) is 0 Å². The van der Waals surface area contributed by atoms with Crippen LogP contribution >= 0.6 is 11.6 Å². The van der Waals surface area contributed by atoms with Gasteiger partial charge in [-0.05, 0) is 30.5 Å². The molecular weight excluding hydrogens is 354 g/mol. The van der Waals surface area contributed by atoms with Crippen LogP contribution in [0.1, 0.15) is 39.3 Å². The van der Waals surface area contributed by atoms with E-state index in [1.54, 1.807) is 25.2 Å². The number of anilines is 1. The van der Waals surface area contributed by atoms with Gasteiger partial charge in [-0.15, -0.1) is 0 Å². The quantitative estimate of drug-likeness (QED) is 0.866. The number of nitrogens with zero attached hydrogens (tertiary/aromatic N) is 4. The molecule has 136 valence electrons. The van der Waals surface area contributed by atoms with Gasteiger partial charge >= 0.3 is 0 Å². The normalized spacial score (nSPS) is 13.7. The van der Waals surface area contributed by atoms with Crippen molar-refractivity contribution in [2.75, 3.05) is 25.0 Å². The maximum absolute atomic E-state index is 12.8. The highest BCUT2D eigenvalue weighted by molar-refractivity contribution is 6.33. The molecular formula is C18H20ClN5O2. The Balaban J connectivity index is 1.78. The third-order valence-electron chi connectivity index (χ3n) is 4.30. The van der Waals surface area contributed by atoms with Crippen LogP contribution in [0.5, 0.6) is 0 Å². The molecule has 26 heavy (non-hydrogen) atoms. The largest absolute Gasteiger partial charge is 0.366 e. The summed E-state index contributed by atoms with van der Waals surface area (Å²) in [6.45, 7) is 2.06. The third kappa shape index (κ3) is 3.94. The zero-order valence-corrected chi connectivity index (χ0v) is 15.2.